The average Bonchev–Trinajstić information content (AvgIpc) is 2.00. The Balaban J connectivity index is 4.48. The highest BCUT2D eigenvalue weighted by Gasteiger charge is 2.00. The Hall–Kier alpha value is -0.850. The van der Waals surface area contributed by atoms with Crippen LogP contribution in [0.25, 0.3) is 0 Å². The highest BCUT2D eigenvalue weighted by molar-refractivity contribution is 5.22. The lowest BCUT2D eigenvalue weighted by molar-refractivity contribution is 0.652. The van der Waals surface area contributed by atoms with Crippen LogP contribution in [-0.2, 0) is 0 Å². The van der Waals surface area contributed by atoms with Crippen LogP contribution in [0.15, 0.2) is 36.2 Å². The first-order chi connectivity index (χ1) is 5.61. The molecule has 0 aliphatic carbocycles. The molecule has 0 atom stereocenters. The first-order valence-electron chi connectivity index (χ1n) is 4.30. The van der Waals surface area contributed by atoms with Crippen molar-refractivity contribution in [1.82, 2.24) is 0 Å². The molecule has 0 rings (SSSR count). The van der Waals surface area contributed by atoms with Gasteiger partial charge in [0.05, 0.1) is 0 Å². The summed E-state index contributed by atoms with van der Waals surface area (Å²) < 4.78 is 12.9. The zero-order valence-electron chi connectivity index (χ0n) is 8.10. The Bertz CT molecular complexity index is 197. The number of halogens is 1. The van der Waals surface area contributed by atoms with Crippen LogP contribution in [-0.4, -0.2) is 0 Å². The third-order valence-corrected chi connectivity index (χ3v) is 1.75. The van der Waals surface area contributed by atoms with Crippen LogP contribution >= 0.6 is 0 Å². The lowest BCUT2D eigenvalue weighted by Crippen LogP contribution is -1.92. The molecule has 0 bridgehead atoms. The Morgan fingerprint density at radius 3 is 2.42 bits per heavy atom. The van der Waals surface area contributed by atoms with Gasteiger partial charge in [0.15, 0.2) is 0 Å². The molecule has 0 fully saturated rings. The van der Waals surface area contributed by atoms with E-state index >= 15 is 0 Å². The van der Waals surface area contributed by atoms with Gasteiger partial charge in [-0.15, -0.1) is 0 Å². The highest BCUT2D eigenvalue weighted by atomic mass is 19.1. The molecule has 0 aliphatic heterocycles. The molecule has 0 spiro atoms. The van der Waals surface area contributed by atoms with Crippen LogP contribution in [0, 0.1) is 5.92 Å². The smallest absolute Gasteiger partial charge is 0.123 e. The molecule has 0 aliphatic rings. The number of hydrogen-bond acceptors (Lipinski definition) is 0. The number of rotatable bonds is 4. The number of allylic oxidation sites excluding steroid dienone is 5. The van der Waals surface area contributed by atoms with Gasteiger partial charge in [-0.05, 0) is 24.5 Å². The summed E-state index contributed by atoms with van der Waals surface area (Å²) in [5.41, 5.74) is 1.13. The summed E-state index contributed by atoms with van der Waals surface area (Å²) >= 11 is 0. The van der Waals surface area contributed by atoms with Gasteiger partial charge < -0.3 is 0 Å². The van der Waals surface area contributed by atoms with E-state index in [0.29, 0.717) is 5.92 Å². The first kappa shape index (κ1) is 11.2. The van der Waals surface area contributed by atoms with E-state index in [2.05, 4.69) is 20.4 Å². The van der Waals surface area contributed by atoms with E-state index in [4.69, 9.17) is 0 Å². The molecule has 0 heterocycles. The largest absolute Gasteiger partial charge is 0.207 e. The van der Waals surface area contributed by atoms with E-state index in [1.807, 2.05) is 6.92 Å². The molecule has 0 aromatic carbocycles. The van der Waals surface area contributed by atoms with Gasteiger partial charge in [0, 0.05) is 0 Å². The normalized spacial score (nSPS) is 13.8. The molecule has 68 valence electrons. The predicted octanol–water partition coefficient (Wildman–Crippen LogP) is 4.02. The topological polar surface area (TPSA) is 0 Å². The fraction of sp³-hybridized carbons (Fsp3) is 0.455. The van der Waals surface area contributed by atoms with Crippen molar-refractivity contribution >= 4 is 0 Å². The average molecular weight is 168 g/mol. The minimum atomic E-state index is -0.212. The molecule has 0 aromatic heterocycles. The monoisotopic (exact) mass is 168 g/mol. The zero-order chi connectivity index (χ0) is 9.56. The summed E-state index contributed by atoms with van der Waals surface area (Å²) in [6.45, 7) is 9.60. The molecule has 1 heteroatoms. The Kier molecular flexibility index (Phi) is 5.35. The Labute approximate surface area is 74.5 Å². The number of hydrogen-bond donors (Lipinski definition) is 0. The molecular formula is C11H17F. The fourth-order valence-electron chi connectivity index (χ4n) is 1.01. The van der Waals surface area contributed by atoms with Crippen molar-refractivity contribution in [3.8, 4) is 0 Å². The molecule has 0 aromatic rings. The Morgan fingerprint density at radius 1 is 1.50 bits per heavy atom. The van der Waals surface area contributed by atoms with E-state index in [0.717, 1.165) is 12.0 Å². The van der Waals surface area contributed by atoms with Crippen molar-refractivity contribution in [2.75, 3.05) is 0 Å². The summed E-state index contributed by atoms with van der Waals surface area (Å²) in [5.74, 6) is 0.203. The van der Waals surface area contributed by atoms with E-state index < -0.39 is 0 Å². The van der Waals surface area contributed by atoms with Gasteiger partial charge in [0.1, 0.15) is 5.83 Å². The van der Waals surface area contributed by atoms with Crippen LogP contribution in [0.4, 0.5) is 4.39 Å². The van der Waals surface area contributed by atoms with Crippen molar-refractivity contribution in [3.63, 3.8) is 0 Å². The van der Waals surface area contributed by atoms with Crippen molar-refractivity contribution in [2.45, 2.75) is 27.2 Å². The standard InChI is InChI=1S/C11H17F/c1-5-7-11(12)8-10(6-2)9(3)4/h5,7-9H,1,6H2,2-4H3/b10-8-,11-7+. The maximum atomic E-state index is 12.9. The lowest BCUT2D eigenvalue weighted by atomic mass is 10.0. The van der Waals surface area contributed by atoms with Gasteiger partial charge in [-0.3, -0.25) is 0 Å². The summed E-state index contributed by atoms with van der Waals surface area (Å²) in [7, 11) is 0. The highest BCUT2D eigenvalue weighted by Crippen LogP contribution is 2.16. The molecule has 0 saturated carbocycles. The molecule has 0 saturated heterocycles. The molecule has 0 nitrogen and oxygen atoms in total. The quantitative estimate of drug-likeness (QED) is 0.556. The van der Waals surface area contributed by atoms with E-state index in [-0.39, 0.29) is 5.83 Å². The molecule has 0 radical (unpaired) electrons. The summed E-state index contributed by atoms with van der Waals surface area (Å²) in [6.07, 6.45) is 5.32. The molecule has 0 N–H and O–H groups in total. The van der Waals surface area contributed by atoms with Crippen molar-refractivity contribution < 1.29 is 4.39 Å². The van der Waals surface area contributed by atoms with E-state index in [1.165, 1.54) is 12.2 Å². The van der Waals surface area contributed by atoms with Gasteiger partial charge in [-0.1, -0.05) is 39.0 Å². The third-order valence-electron chi connectivity index (χ3n) is 1.75. The second kappa shape index (κ2) is 5.76. The molecular weight excluding hydrogens is 151 g/mol. The Morgan fingerprint density at radius 2 is 2.08 bits per heavy atom. The van der Waals surface area contributed by atoms with Gasteiger partial charge >= 0.3 is 0 Å². The van der Waals surface area contributed by atoms with Crippen molar-refractivity contribution in [1.29, 1.82) is 0 Å². The zero-order valence-corrected chi connectivity index (χ0v) is 8.10. The summed E-state index contributed by atoms with van der Waals surface area (Å²) in [5, 5.41) is 0. The summed E-state index contributed by atoms with van der Waals surface area (Å²) in [4.78, 5) is 0. The van der Waals surface area contributed by atoms with Crippen LogP contribution in [0.5, 0.6) is 0 Å². The maximum absolute atomic E-state index is 12.9. The van der Waals surface area contributed by atoms with Crippen LogP contribution in [0.3, 0.4) is 0 Å². The molecule has 12 heavy (non-hydrogen) atoms. The lowest BCUT2D eigenvalue weighted by Gasteiger charge is -2.07. The maximum Gasteiger partial charge on any atom is 0.123 e. The van der Waals surface area contributed by atoms with Crippen LogP contribution in [0.1, 0.15) is 27.2 Å². The second-order valence-electron chi connectivity index (χ2n) is 3.01. The van der Waals surface area contributed by atoms with E-state index in [1.54, 1.807) is 6.08 Å². The van der Waals surface area contributed by atoms with Crippen LogP contribution in [0.2, 0.25) is 0 Å². The van der Waals surface area contributed by atoms with Gasteiger partial charge in [-0.2, -0.15) is 0 Å². The molecule has 0 unspecified atom stereocenters. The van der Waals surface area contributed by atoms with Crippen molar-refractivity contribution in [3.05, 3.63) is 36.2 Å². The van der Waals surface area contributed by atoms with Gasteiger partial charge in [0.2, 0.25) is 0 Å². The predicted molar refractivity (Wildman–Crippen MR) is 52.6 cm³/mol. The van der Waals surface area contributed by atoms with Gasteiger partial charge in [0.25, 0.3) is 0 Å². The minimum Gasteiger partial charge on any atom is -0.207 e. The molecule has 0 amide bonds. The van der Waals surface area contributed by atoms with Crippen LogP contribution < -0.4 is 0 Å². The first-order valence-corrected chi connectivity index (χ1v) is 4.30. The van der Waals surface area contributed by atoms with E-state index in [9.17, 15) is 4.39 Å². The second-order valence-corrected chi connectivity index (χ2v) is 3.01. The van der Waals surface area contributed by atoms with Crippen molar-refractivity contribution in [2.24, 2.45) is 5.92 Å². The summed E-state index contributed by atoms with van der Waals surface area (Å²) in [6, 6.07) is 0. The third kappa shape index (κ3) is 4.12. The SMILES string of the molecule is C=C/C=C(F)\C=C(\CC)C(C)C. The van der Waals surface area contributed by atoms with Gasteiger partial charge in [-0.25, -0.2) is 4.39 Å². The minimum absolute atomic E-state index is 0.212. The fourth-order valence-corrected chi connectivity index (χ4v) is 1.01.